The van der Waals surface area contributed by atoms with Gasteiger partial charge < -0.3 is 15.8 Å². The Morgan fingerprint density at radius 2 is 2.00 bits per heavy atom. The third-order valence-corrected chi connectivity index (χ3v) is 3.07. The number of anilines is 1. The van der Waals surface area contributed by atoms with Crippen LogP contribution in [0, 0.1) is 0 Å². The van der Waals surface area contributed by atoms with Gasteiger partial charge in [0.1, 0.15) is 5.69 Å². The number of aromatic nitrogens is 2. The summed E-state index contributed by atoms with van der Waals surface area (Å²) in [5.41, 5.74) is 5.71. The molecule has 0 spiro atoms. The minimum absolute atomic E-state index is 0.144. The van der Waals surface area contributed by atoms with Crippen LogP contribution in [0.1, 0.15) is 5.69 Å². The molecular formula is C11H15F3N6O. The van der Waals surface area contributed by atoms with Crippen molar-refractivity contribution in [2.75, 3.05) is 37.6 Å². The first-order valence-electron chi connectivity index (χ1n) is 6.24. The second-order valence-corrected chi connectivity index (χ2v) is 4.61. The molecule has 0 unspecified atom stereocenters. The monoisotopic (exact) mass is 304 g/mol. The van der Waals surface area contributed by atoms with Crippen LogP contribution in [0.15, 0.2) is 17.4 Å². The molecule has 0 saturated carbocycles. The number of amidine groups is 1. The summed E-state index contributed by atoms with van der Waals surface area (Å²) in [7, 11) is 0. The minimum Gasteiger partial charge on any atom is -0.409 e. The second kappa shape index (κ2) is 6.12. The lowest BCUT2D eigenvalue weighted by molar-refractivity contribution is -0.146. The molecule has 1 aromatic heterocycles. The first kappa shape index (κ1) is 15.3. The van der Waals surface area contributed by atoms with Crippen LogP contribution in [0.4, 0.5) is 19.1 Å². The van der Waals surface area contributed by atoms with Crippen LogP contribution in [0.5, 0.6) is 0 Å². The average Bonchev–Trinajstić information content (AvgIpc) is 2.45. The molecule has 7 nitrogen and oxygen atoms in total. The number of hydrogen-bond donors (Lipinski definition) is 2. The Bertz CT molecular complexity index is 513. The summed E-state index contributed by atoms with van der Waals surface area (Å²) in [5.74, 6) is 0.208. The van der Waals surface area contributed by atoms with Gasteiger partial charge in [-0.3, -0.25) is 4.90 Å². The third kappa shape index (κ3) is 4.18. The first-order chi connectivity index (χ1) is 9.89. The second-order valence-electron chi connectivity index (χ2n) is 4.61. The minimum atomic E-state index is -4.19. The number of piperazine rings is 1. The van der Waals surface area contributed by atoms with Crippen molar-refractivity contribution in [3.63, 3.8) is 0 Å². The standard InChI is InChI=1S/C11H15F3N6O/c12-11(13,14)7-19-3-5-20(6-4-19)10-16-2-1-8(17-10)9(15)18-21/h1-2,21H,3-7H2,(H2,15,18). The Kier molecular flexibility index (Phi) is 4.46. The molecule has 0 aliphatic carbocycles. The molecule has 3 N–H and O–H groups in total. The predicted molar refractivity (Wildman–Crippen MR) is 69.3 cm³/mol. The molecule has 116 valence electrons. The number of oxime groups is 1. The number of halogens is 3. The fourth-order valence-corrected chi connectivity index (χ4v) is 2.05. The summed E-state index contributed by atoms with van der Waals surface area (Å²) in [4.78, 5) is 11.3. The van der Waals surface area contributed by atoms with Crippen LogP contribution in [-0.2, 0) is 0 Å². The van der Waals surface area contributed by atoms with Crippen LogP contribution < -0.4 is 10.6 Å². The summed E-state index contributed by atoms with van der Waals surface area (Å²) >= 11 is 0. The molecule has 2 heterocycles. The Labute approximate surface area is 118 Å². The van der Waals surface area contributed by atoms with Gasteiger partial charge in [-0.2, -0.15) is 13.2 Å². The third-order valence-electron chi connectivity index (χ3n) is 3.07. The van der Waals surface area contributed by atoms with Gasteiger partial charge in [-0.1, -0.05) is 5.16 Å². The van der Waals surface area contributed by atoms with Crippen molar-refractivity contribution in [3.05, 3.63) is 18.0 Å². The van der Waals surface area contributed by atoms with E-state index in [1.807, 2.05) is 0 Å². The van der Waals surface area contributed by atoms with E-state index in [4.69, 9.17) is 10.9 Å². The summed E-state index contributed by atoms with van der Waals surface area (Å²) in [5, 5.41) is 11.5. The van der Waals surface area contributed by atoms with E-state index in [9.17, 15) is 13.2 Å². The highest BCUT2D eigenvalue weighted by molar-refractivity contribution is 5.95. The summed E-state index contributed by atoms with van der Waals surface area (Å²) in [6, 6.07) is 1.48. The Hall–Kier alpha value is -2.10. The highest BCUT2D eigenvalue weighted by Gasteiger charge is 2.32. The van der Waals surface area contributed by atoms with E-state index >= 15 is 0 Å². The molecule has 1 aromatic rings. The van der Waals surface area contributed by atoms with Gasteiger partial charge >= 0.3 is 6.18 Å². The first-order valence-corrected chi connectivity index (χ1v) is 6.24. The summed E-state index contributed by atoms with van der Waals surface area (Å²) in [6.45, 7) is 0.407. The number of nitrogens with two attached hydrogens (primary N) is 1. The molecule has 0 radical (unpaired) electrons. The van der Waals surface area contributed by atoms with Gasteiger partial charge in [0.15, 0.2) is 5.84 Å². The molecule has 1 aliphatic rings. The summed E-state index contributed by atoms with van der Waals surface area (Å²) in [6.07, 6.45) is -2.73. The van der Waals surface area contributed by atoms with Crippen molar-refractivity contribution in [2.24, 2.45) is 10.9 Å². The van der Waals surface area contributed by atoms with E-state index in [0.717, 1.165) is 0 Å². The van der Waals surface area contributed by atoms with E-state index in [2.05, 4.69) is 15.1 Å². The van der Waals surface area contributed by atoms with Gasteiger partial charge in [0.2, 0.25) is 5.95 Å². The molecule has 1 fully saturated rings. The normalized spacial score (nSPS) is 18.0. The lowest BCUT2D eigenvalue weighted by Crippen LogP contribution is -2.49. The van der Waals surface area contributed by atoms with Crippen LogP contribution in [-0.4, -0.2) is 64.8 Å². The topological polar surface area (TPSA) is 90.9 Å². The maximum absolute atomic E-state index is 12.3. The molecule has 1 aliphatic heterocycles. The van der Waals surface area contributed by atoms with Gasteiger partial charge in [0, 0.05) is 32.4 Å². The Morgan fingerprint density at radius 3 is 2.57 bits per heavy atom. The Morgan fingerprint density at radius 1 is 1.33 bits per heavy atom. The van der Waals surface area contributed by atoms with Crippen LogP contribution in [0.25, 0.3) is 0 Å². The fraction of sp³-hybridized carbons (Fsp3) is 0.545. The number of rotatable bonds is 3. The van der Waals surface area contributed by atoms with Crippen molar-refractivity contribution in [3.8, 4) is 0 Å². The molecule has 0 atom stereocenters. The quantitative estimate of drug-likeness (QED) is 0.360. The molecule has 2 rings (SSSR count). The molecule has 10 heteroatoms. The number of alkyl halides is 3. The zero-order valence-corrected chi connectivity index (χ0v) is 11.1. The predicted octanol–water partition coefficient (Wildman–Crippen LogP) is 0.255. The number of nitrogens with zero attached hydrogens (tertiary/aromatic N) is 5. The zero-order chi connectivity index (χ0) is 15.5. The van der Waals surface area contributed by atoms with Crippen molar-refractivity contribution >= 4 is 11.8 Å². The highest BCUT2D eigenvalue weighted by atomic mass is 19.4. The molecular weight excluding hydrogens is 289 g/mol. The molecule has 0 aromatic carbocycles. The highest BCUT2D eigenvalue weighted by Crippen LogP contribution is 2.18. The van der Waals surface area contributed by atoms with Crippen LogP contribution >= 0.6 is 0 Å². The molecule has 21 heavy (non-hydrogen) atoms. The smallest absolute Gasteiger partial charge is 0.401 e. The van der Waals surface area contributed by atoms with Gasteiger partial charge in [-0.15, -0.1) is 0 Å². The van der Waals surface area contributed by atoms with Crippen molar-refractivity contribution in [1.29, 1.82) is 0 Å². The average molecular weight is 304 g/mol. The number of hydrogen-bond acceptors (Lipinski definition) is 6. The molecule has 1 saturated heterocycles. The van der Waals surface area contributed by atoms with Crippen LogP contribution in [0.2, 0.25) is 0 Å². The van der Waals surface area contributed by atoms with E-state index in [1.165, 1.54) is 17.2 Å². The van der Waals surface area contributed by atoms with E-state index in [1.54, 1.807) is 4.90 Å². The van der Waals surface area contributed by atoms with Gasteiger partial charge in [0.05, 0.1) is 6.54 Å². The Balaban J connectivity index is 1.99. The zero-order valence-electron chi connectivity index (χ0n) is 11.1. The van der Waals surface area contributed by atoms with Crippen molar-refractivity contribution in [2.45, 2.75) is 6.18 Å². The van der Waals surface area contributed by atoms with Crippen molar-refractivity contribution in [1.82, 2.24) is 14.9 Å². The largest absolute Gasteiger partial charge is 0.409 e. The lowest BCUT2D eigenvalue weighted by atomic mass is 10.3. The SMILES string of the molecule is N/C(=N/O)c1ccnc(N2CCN(CC(F)(F)F)CC2)n1. The fourth-order valence-electron chi connectivity index (χ4n) is 2.05. The molecule has 0 bridgehead atoms. The van der Waals surface area contributed by atoms with E-state index < -0.39 is 12.7 Å². The van der Waals surface area contributed by atoms with E-state index in [-0.39, 0.29) is 24.6 Å². The van der Waals surface area contributed by atoms with Gasteiger partial charge in [-0.25, -0.2) is 9.97 Å². The summed E-state index contributed by atoms with van der Waals surface area (Å²) < 4.78 is 36.9. The lowest BCUT2D eigenvalue weighted by Gasteiger charge is -2.34. The van der Waals surface area contributed by atoms with Crippen LogP contribution in [0.3, 0.4) is 0 Å². The maximum atomic E-state index is 12.3. The van der Waals surface area contributed by atoms with Gasteiger partial charge in [0.25, 0.3) is 0 Å². The van der Waals surface area contributed by atoms with Gasteiger partial charge in [-0.05, 0) is 6.07 Å². The molecule has 0 amide bonds. The maximum Gasteiger partial charge on any atom is 0.401 e. The van der Waals surface area contributed by atoms with E-state index in [0.29, 0.717) is 19.0 Å². The van der Waals surface area contributed by atoms with Crippen molar-refractivity contribution < 1.29 is 18.4 Å².